The summed E-state index contributed by atoms with van der Waals surface area (Å²) in [5.74, 6) is 1.73. The molecule has 0 aliphatic carbocycles. The highest BCUT2D eigenvalue weighted by Gasteiger charge is 2.40. The van der Waals surface area contributed by atoms with Crippen LogP contribution in [0, 0.1) is 0 Å². The van der Waals surface area contributed by atoms with E-state index in [4.69, 9.17) is 9.47 Å². The molecule has 1 aromatic heterocycles. The first-order chi connectivity index (χ1) is 21.1. The predicted molar refractivity (Wildman–Crippen MR) is 183 cm³/mol. The molecule has 4 nitrogen and oxygen atoms in total. The average molecular weight is 581 g/mol. The Morgan fingerprint density at radius 3 is 1.51 bits per heavy atom. The van der Waals surface area contributed by atoms with Crippen LogP contribution in [-0.2, 0) is 6.17 Å². The maximum absolute atomic E-state index is 5.58. The zero-order valence-corrected chi connectivity index (χ0v) is 26.0. The fourth-order valence-electron chi connectivity index (χ4n) is 5.60. The van der Waals surface area contributed by atoms with E-state index in [9.17, 15) is 0 Å². The van der Waals surface area contributed by atoms with E-state index in [1.807, 2.05) is 30.9 Å². The van der Waals surface area contributed by atoms with Gasteiger partial charge in [-0.05, 0) is 39.8 Å². The Kier molecular flexibility index (Phi) is 9.93. The fourth-order valence-corrected chi connectivity index (χ4v) is 10.2. The number of imidazole rings is 1. The van der Waals surface area contributed by atoms with E-state index in [1.165, 1.54) is 26.5 Å². The van der Waals surface area contributed by atoms with E-state index in [0.29, 0.717) is 6.71 Å². The van der Waals surface area contributed by atoms with Crippen LogP contribution >= 0.6 is 0 Å². The lowest BCUT2D eigenvalue weighted by Crippen LogP contribution is -2.69. The van der Waals surface area contributed by atoms with E-state index in [-0.39, 0.29) is 0 Å². The van der Waals surface area contributed by atoms with Crippen molar-refractivity contribution in [2.75, 3.05) is 14.2 Å². The van der Waals surface area contributed by atoms with Crippen LogP contribution in [0.3, 0.4) is 0 Å². The highest BCUT2D eigenvalue weighted by Crippen LogP contribution is 2.17. The Labute approximate surface area is 256 Å². The molecule has 0 saturated heterocycles. The second-order valence-electron chi connectivity index (χ2n) is 10.5. The number of rotatable bonds is 9. The summed E-state index contributed by atoms with van der Waals surface area (Å²) >= 11 is 0. The van der Waals surface area contributed by atoms with Gasteiger partial charge < -0.3 is 14.0 Å². The Bertz CT molecular complexity index is 1590. The molecule has 43 heavy (non-hydrogen) atoms. The fraction of sp³-hybridized carbons (Fsp3) is 0.108. The first-order valence-electron chi connectivity index (χ1n) is 14.5. The van der Waals surface area contributed by atoms with E-state index in [0.717, 1.165) is 17.7 Å². The molecular formula is C37H37BN2O2Si. The molecule has 0 aliphatic rings. The van der Waals surface area contributed by atoms with Crippen molar-refractivity contribution in [2.24, 2.45) is 0 Å². The maximum atomic E-state index is 5.58. The molecule has 0 unspecified atom stereocenters. The van der Waals surface area contributed by atoms with E-state index >= 15 is 0 Å². The third kappa shape index (κ3) is 6.99. The number of hydrogen-bond donors (Lipinski definition) is 0. The van der Waals surface area contributed by atoms with Gasteiger partial charge in [-0.2, -0.15) is 0 Å². The lowest BCUT2D eigenvalue weighted by Gasteiger charge is -2.34. The van der Waals surface area contributed by atoms with Crippen LogP contribution in [0.2, 0.25) is 6.82 Å². The first-order valence-corrected chi connectivity index (χ1v) is 16.7. The minimum Gasteiger partial charge on any atom is -0.497 e. The van der Waals surface area contributed by atoms with Crippen LogP contribution in [0.1, 0.15) is 0 Å². The molecule has 6 aromatic rings. The van der Waals surface area contributed by atoms with Gasteiger partial charge >= 0.3 is 0 Å². The normalized spacial score (nSPS) is 10.8. The molecule has 0 fully saturated rings. The van der Waals surface area contributed by atoms with Crippen LogP contribution in [0.25, 0.3) is 0 Å². The van der Waals surface area contributed by atoms with Gasteiger partial charge in [0.15, 0.2) is 8.07 Å². The highest BCUT2D eigenvalue weighted by atomic mass is 28.3. The van der Waals surface area contributed by atoms with Crippen LogP contribution < -0.4 is 36.0 Å². The number of benzene rings is 5. The van der Waals surface area contributed by atoms with Crippen molar-refractivity contribution < 1.29 is 9.47 Å². The number of nitrogens with zero attached hydrogens (tertiary/aromatic N) is 2. The van der Waals surface area contributed by atoms with E-state index in [2.05, 4.69) is 144 Å². The Balaban J connectivity index is 0.000000220. The van der Waals surface area contributed by atoms with Gasteiger partial charge in [0.1, 0.15) is 11.5 Å². The number of aromatic nitrogens is 2. The molecule has 0 spiro atoms. The maximum Gasteiger partial charge on any atom is 0.206 e. The Hall–Kier alpha value is -4.81. The smallest absolute Gasteiger partial charge is 0.206 e. The summed E-state index contributed by atoms with van der Waals surface area (Å²) in [6.07, 6.45) is 6.59. The van der Waals surface area contributed by atoms with Crippen LogP contribution in [-0.4, -0.2) is 38.6 Å². The third-order valence-corrected chi connectivity index (χ3v) is 12.7. The average Bonchev–Trinajstić information content (AvgIpc) is 3.61. The first kappa shape index (κ1) is 29.7. The van der Waals surface area contributed by atoms with Crippen molar-refractivity contribution in [3.8, 4) is 11.5 Å². The molecule has 0 amide bonds. The molecule has 0 saturated carbocycles. The van der Waals surface area contributed by atoms with Crippen molar-refractivity contribution in [3.05, 3.63) is 158 Å². The third-order valence-electron chi connectivity index (χ3n) is 7.97. The molecule has 0 N–H and O–H groups in total. The monoisotopic (exact) mass is 580 g/mol. The number of ether oxygens (including phenoxy) is 2. The van der Waals surface area contributed by atoms with Gasteiger partial charge in [0.25, 0.3) is 0 Å². The zero-order chi connectivity index (χ0) is 29.9. The van der Waals surface area contributed by atoms with Gasteiger partial charge in [0, 0.05) is 18.6 Å². The SMILES string of the molecule is CB(c1ccccc1)c1ccccc1.COc1cccc([Si](Cn2ccnc2)(c2ccccc2)c2cccc(OC)c2)c1. The molecule has 0 radical (unpaired) electrons. The van der Waals surface area contributed by atoms with Crippen molar-refractivity contribution in [2.45, 2.75) is 13.0 Å². The van der Waals surface area contributed by atoms with Crippen molar-refractivity contribution in [1.29, 1.82) is 0 Å². The molecule has 5 aromatic carbocycles. The van der Waals surface area contributed by atoms with Crippen LogP contribution in [0.4, 0.5) is 0 Å². The summed E-state index contributed by atoms with van der Waals surface area (Å²) in [4.78, 5) is 4.29. The number of hydrogen-bond acceptors (Lipinski definition) is 3. The second-order valence-corrected chi connectivity index (χ2v) is 14.4. The molecule has 6 heteroatoms. The van der Waals surface area contributed by atoms with E-state index in [1.54, 1.807) is 14.2 Å². The van der Waals surface area contributed by atoms with Gasteiger partial charge in [-0.25, -0.2) is 4.98 Å². The summed E-state index contributed by atoms with van der Waals surface area (Å²) in [5, 5.41) is 3.89. The van der Waals surface area contributed by atoms with Crippen molar-refractivity contribution in [3.63, 3.8) is 0 Å². The summed E-state index contributed by atoms with van der Waals surface area (Å²) in [7, 11) is 0.968. The topological polar surface area (TPSA) is 36.3 Å². The van der Waals surface area contributed by atoms with Crippen molar-refractivity contribution in [1.82, 2.24) is 9.55 Å². The van der Waals surface area contributed by atoms with Gasteiger partial charge in [0.05, 0.1) is 20.5 Å². The zero-order valence-electron chi connectivity index (χ0n) is 25.0. The lowest BCUT2D eigenvalue weighted by molar-refractivity contribution is 0.415. The Morgan fingerprint density at radius 1 is 0.605 bits per heavy atom. The minimum absolute atomic E-state index is 0.484. The van der Waals surface area contributed by atoms with Gasteiger partial charge in [-0.15, -0.1) is 0 Å². The molecule has 1 heterocycles. The highest BCUT2D eigenvalue weighted by molar-refractivity contribution is 7.10. The lowest BCUT2D eigenvalue weighted by atomic mass is 9.43. The quantitative estimate of drug-likeness (QED) is 0.186. The van der Waals surface area contributed by atoms with Gasteiger partial charge in [0.2, 0.25) is 6.71 Å². The van der Waals surface area contributed by atoms with Gasteiger partial charge in [-0.3, -0.25) is 0 Å². The summed E-state index contributed by atoms with van der Waals surface area (Å²) in [6, 6.07) is 48.9. The van der Waals surface area contributed by atoms with E-state index < -0.39 is 8.07 Å². The minimum atomic E-state index is -2.46. The molecular weight excluding hydrogens is 543 g/mol. The number of methoxy groups -OCH3 is 2. The molecule has 0 bridgehead atoms. The molecule has 0 atom stereocenters. The summed E-state index contributed by atoms with van der Waals surface area (Å²) in [6.45, 7) is 2.72. The van der Waals surface area contributed by atoms with Crippen LogP contribution in [0.15, 0.2) is 158 Å². The predicted octanol–water partition coefficient (Wildman–Crippen LogP) is 4.54. The van der Waals surface area contributed by atoms with Gasteiger partial charge in [-0.1, -0.05) is 133 Å². The largest absolute Gasteiger partial charge is 0.497 e. The van der Waals surface area contributed by atoms with Crippen molar-refractivity contribution >= 4 is 41.3 Å². The van der Waals surface area contributed by atoms with Crippen LogP contribution in [0.5, 0.6) is 11.5 Å². The second kappa shape index (κ2) is 14.4. The Morgan fingerprint density at radius 2 is 1.07 bits per heavy atom. The standard InChI is InChI=1S/C24H24N2O2Si.C13H13B/c1-27-20-8-6-12-23(16-20)29(19-26-15-14-25-18-26,22-10-4-3-5-11-22)24-13-7-9-21(17-24)28-2;1-14(12-8-4-2-5-9-12)13-10-6-3-7-11-13/h3-18H,19H2,1-2H3;2-11H,1H3. The molecule has 214 valence electrons. The summed E-state index contributed by atoms with van der Waals surface area (Å²) < 4.78 is 13.3. The summed E-state index contributed by atoms with van der Waals surface area (Å²) in [5.41, 5.74) is 2.75. The molecule has 6 rings (SSSR count). The molecule has 0 aliphatic heterocycles.